The molecule has 2 aromatic carbocycles. The topological polar surface area (TPSA) is 109 Å². The van der Waals surface area contributed by atoms with E-state index in [9.17, 15) is 14.4 Å². The molecule has 0 bridgehead atoms. The summed E-state index contributed by atoms with van der Waals surface area (Å²) < 4.78 is 14.7. The number of rotatable bonds is 8. The van der Waals surface area contributed by atoms with E-state index in [0.717, 1.165) is 15.7 Å². The van der Waals surface area contributed by atoms with Crippen LogP contribution in [0.2, 0.25) is 0 Å². The van der Waals surface area contributed by atoms with E-state index in [1.54, 1.807) is 36.9 Å². The third-order valence-electron chi connectivity index (χ3n) is 5.79. The summed E-state index contributed by atoms with van der Waals surface area (Å²) >= 11 is 1.18. The highest BCUT2D eigenvalue weighted by Gasteiger charge is 2.21. The van der Waals surface area contributed by atoms with Crippen molar-refractivity contribution >= 4 is 34.5 Å². The van der Waals surface area contributed by atoms with E-state index in [1.165, 1.54) is 30.5 Å². The molecule has 0 aliphatic heterocycles. The molecule has 188 valence electrons. The second-order valence-electron chi connectivity index (χ2n) is 8.25. The van der Waals surface area contributed by atoms with Crippen LogP contribution in [0.15, 0.2) is 57.2 Å². The number of nitrogens with zero attached hydrogens (tertiary/aromatic N) is 4. The molecular formula is C25H27N5O5S. The molecule has 0 aliphatic carbocycles. The molecule has 0 spiro atoms. The van der Waals surface area contributed by atoms with Crippen molar-refractivity contribution in [2.45, 2.75) is 18.6 Å². The van der Waals surface area contributed by atoms with E-state index in [4.69, 9.17) is 9.47 Å². The fraction of sp³-hybridized carbons (Fsp3) is 0.280. The lowest BCUT2D eigenvalue weighted by molar-refractivity contribution is -0.113. The zero-order valence-electron chi connectivity index (χ0n) is 20.7. The molecule has 4 aromatic rings. The maximum absolute atomic E-state index is 13.1. The van der Waals surface area contributed by atoms with E-state index in [-0.39, 0.29) is 17.3 Å². The van der Waals surface area contributed by atoms with Crippen LogP contribution in [0.5, 0.6) is 11.5 Å². The molecule has 1 amide bonds. The highest BCUT2D eigenvalue weighted by molar-refractivity contribution is 7.99. The SMILES string of the molecule is COc1ccc(OC)c(NC(=O)CSc2nc3c(c(=O)n(C)c(=O)n3C)n2Cc2ccc(C)cc2)c1. The van der Waals surface area contributed by atoms with E-state index in [0.29, 0.717) is 34.4 Å². The van der Waals surface area contributed by atoms with Crippen LogP contribution in [-0.4, -0.2) is 44.6 Å². The number of aromatic nitrogens is 4. The van der Waals surface area contributed by atoms with Gasteiger partial charge in [0.2, 0.25) is 5.91 Å². The number of carbonyl (C=O) groups excluding carboxylic acids is 1. The minimum Gasteiger partial charge on any atom is -0.497 e. The molecular weight excluding hydrogens is 482 g/mol. The van der Waals surface area contributed by atoms with Crippen LogP contribution in [0.25, 0.3) is 11.2 Å². The van der Waals surface area contributed by atoms with E-state index in [1.807, 2.05) is 31.2 Å². The van der Waals surface area contributed by atoms with Crippen LogP contribution in [0.1, 0.15) is 11.1 Å². The van der Waals surface area contributed by atoms with Gasteiger partial charge in [-0.3, -0.25) is 18.7 Å². The number of thioether (sulfide) groups is 1. The number of aryl methyl sites for hydroxylation is 2. The van der Waals surface area contributed by atoms with Gasteiger partial charge in [0, 0.05) is 20.2 Å². The molecule has 0 saturated heterocycles. The van der Waals surface area contributed by atoms with E-state index >= 15 is 0 Å². The van der Waals surface area contributed by atoms with Crippen LogP contribution in [0.3, 0.4) is 0 Å². The third kappa shape index (κ3) is 4.87. The van der Waals surface area contributed by atoms with Crippen molar-refractivity contribution in [2.24, 2.45) is 14.1 Å². The number of nitrogens with one attached hydrogen (secondary N) is 1. The van der Waals surface area contributed by atoms with Gasteiger partial charge in [0.15, 0.2) is 16.3 Å². The van der Waals surface area contributed by atoms with Crippen LogP contribution in [0.4, 0.5) is 5.69 Å². The molecule has 0 aliphatic rings. The van der Waals surface area contributed by atoms with Crippen molar-refractivity contribution in [1.82, 2.24) is 18.7 Å². The molecule has 0 unspecified atom stereocenters. The first kappa shape index (κ1) is 25.1. The van der Waals surface area contributed by atoms with Crippen molar-refractivity contribution < 1.29 is 14.3 Å². The second kappa shape index (κ2) is 10.3. The maximum atomic E-state index is 13.1. The highest BCUT2D eigenvalue weighted by atomic mass is 32.2. The van der Waals surface area contributed by atoms with Crippen molar-refractivity contribution in [3.8, 4) is 11.5 Å². The van der Waals surface area contributed by atoms with Gasteiger partial charge in [-0.1, -0.05) is 41.6 Å². The number of amides is 1. The van der Waals surface area contributed by atoms with Gasteiger partial charge in [-0.15, -0.1) is 0 Å². The molecule has 0 fully saturated rings. The standard InChI is InChI=1S/C25H27N5O5S/c1-15-6-8-16(9-7-15)13-30-21-22(28(2)25(33)29(3)23(21)32)27-24(30)36-14-20(31)26-18-12-17(34-4)10-11-19(18)35-5/h6-12H,13-14H2,1-5H3,(H,26,31). The Balaban J connectivity index is 1.68. The number of hydrogen-bond acceptors (Lipinski definition) is 7. The van der Waals surface area contributed by atoms with Gasteiger partial charge in [-0.2, -0.15) is 0 Å². The number of carbonyl (C=O) groups is 1. The third-order valence-corrected chi connectivity index (χ3v) is 6.76. The number of hydrogen-bond donors (Lipinski definition) is 1. The predicted molar refractivity (Wildman–Crippen MR) is 139 cm³/mol. The minimum atomic E-state index is -0.466. The Kier molecular flexibility index (Phi) is 7.20. The summed E-state index contributed by atoms with van der Waals surface area (Å²) in [7, 11) is 6.07. The number of benzene rings is 2. The van der Waals surface area contributed by atoms with Gasteiger partial charge >= 0.3 is 5.69 Å². The van der Waals surface area contributed by atoms with E-state index in [2.05, 4.69) is 10.3 Å². The minimum absolute atomic E-state index is 0.0197. The monoisotopic (exact) mass is 509 g/mol. The highest BCUT2D eigenvalue weighted by Crippen LogP contribution is 2.29. The zero-order chi connectivity index (χ0) is 26.0. The first-order valence-corrected chi connectivity index (χ1v) is 12.1. The van der Waals surface area contributed by atoms with Crippen molar-refractivity contribution in [2.75, 3.05) is 25.3 Å². The van der Waals surface area contributed by atoms with Gasteiger partial charge in [-0.25, -0.2) is 9.78 Å². The summed E-state index contributed by atoms with van der Waals surface area (Å²) in [4.78, 5) is 43.0. The van der Waals surface area contributed by atoms with Crippen LogP contribution >= 0.6 is 11.8 Å². The number of fused-ring (bicyclic) bond motifs is 1. The summed E-state index contributed by atoms with van der Waals surface area (Å²) in [6, 6.07) is 13.1. The molecule has 0 atom stereocenters. The normalized spacial score (nSPS) is 11.0. The Morgan fingerprint density at radius 2 is 1.75 bits per heavy atom. The molecule has 11 heteroatoms. The maximum Gasteiger partial charge on any atom is 0.332 e. The molecule has 0 radical (unpaired) electrons. The first-order chi connectivity index (χ1) is 17.2. The molecule has 4 rings (SSSR count). The fourth-order valence-electron chi connectivity index (χ4n) is 3.79. The summed E-state index contributed by atoms with van der Waals surface area (Å²) in [5.74, 6) is 0.809. The first-order valence-electron chi connectivity index (χ1n) is 11.1. The number of imidazole rings is 1. The fourth-order valence-corrected chi connectivity index (χ4v) is 4.58. The molecule has 1 N–H and O–H groups in total. The molecule has 36 heavy (non-hydrogen) atoms. The van der Waals surface area contributed by atoms with Crippen molar-refractivity contribution in [3.05, 3.63) is 74.4 Å². The lowest BCUT2D eigenvalue weighted by atomic mass is 10.1. The van der Waals surface area contributed by atoms with Gasteiger partial charge in [0.25, 0.3) is 5.56 Å². The van der Waals surface area contributed by atoms with Gasteiger partial charge in [-0.05, 0) is 24.6 Å². The second-order valence-corrected chi connectivity index (χ2v) is 9.19. The van der Waals surface area contributed by atoms with Crippen LogP contribution < -0.4 is 26.0 Å². The molecule has 0 saturated carbocycles. The van der Waals surface area contributed by atoms with Crippen molar-refractivity contribution in [1.29, 1.82) is 0 Å². The number of ether oxygens (including phenoxy) is 2. The smallest absolute Gasteiger partial charge is 0.332 e. The predicted octanol–water partition coefficient (Wildman–Crippen LogP) is 2.54. The Hall–Kier alpha value is -3.99. The van der Waals surface area contributed by atoms with Gasteiger partial charge in [0.1, 0.15) is 11.5 Å². The van der Waals surface area contributed by atoms with Crippen molar-refractivity contribution in [3.63, 3.8) is 0 Å². The van der Waals surface area contributed by atoms with E-state index < -0.39 is 11.2 Å². The average Bonchev–Trinajstić information content (AvgIpc) is 3.24. The van der Waals surface area contributed by atoms with Gasteiger partial charge in [0.05, 0.1) is 32.2 Å². The average molecular weight is 510 g/mol. The quantitative estimate of drug-likeness (QED) is 0.364. The summed E-state index contributed by atoms with van der Waals surface area (Å²) in [5.41, 5.74) is 2.23. The molecule has 2 heterocycles. The lowest BCUT2D eigenvalue weighted by Gasteiger charge is -2.12. The number of methoxy groups -OCH3 is 2. The van der Waals surface area contributed by atoms with Crippen LogP contribution in [0, 0.1) is 6.92 Å². The largest absolute Gasteiger partial charge is 0.497 e. The lowest BCUT2D eigenvalue weighted by Crippen LogP contribution is -2.37. The Morgan fingerprint density at radius 1 is 1.03 bits per heavy atom. The van der Waals surface area contributed by atoms with Crippen LogP contribution in [-0.2, 0) is 25.4 Å². The Bertz CT molecular complexity index is 1550. The molecule has 2 aromatic heterocycles. The Morgan fingerprint density at radius 3 is 2.42 bits per heavy atom. The Labute approximate surface area is 211 Å². The molecule has 10 nitrogen and oxygen atoms in total. The summed E-state index contributed by atoms with van der Waals surface area (Å²) in [6.07, 6.45) is 0. The number of anilines is 1. The van der Waals surface area contributed by atoms with Gasteiger partial charge < -0.3 is 19.4 Å². The zero-order valence-corrected chi connectivity index (χ0v) is 21.5. The summed E-state index contributed by atoms with van der Waals surface area (Å²) in [6.45, 7) is 2.36. The summed E-state index contributed by atoms with van der Waals surface area (Å²) in [5, 5.41) is 3.29.